The fourth-order valence-electron chi connectivity index (χ4n) is 2.66. The van der Waals surface area contributed by atoms with E-state index < -0.39 is 11.9 Å². The Balaban J connectivity index is 2.41. The third-order valence-electron chi connectivity index (χ3n) is 3.50. The Labute approximate surface area is 130 Å². The van der Waals surface area contributed by atoms with E-state index in [0.717, 1.165) is 9.35 Å². The molecule has 2 heterocycles. The molecule has 4 nitrogen and oxygen atoms in total. The first-order chi connectivity index (χ1) is 9.41. The zero-order valence-electron chi connectivity index (χ0n) is 11.5. The maximum Gasteiger partial charge on any atom is 0.308 e. The Hall–Kier alpha value is -0.880. The fourth-order valence-corrected chi connectivity index (χ4v) is 4.45. The van der Waals surface area contributed by atoms with Crippen molar-refractivity contribution in [3.8, 4) is 0 Å². The van der Waals surface area contributed by atoms with E-state index in [0.29, 0.717) is 25.3 Å². The number of carboxylic acids is 1. The molecule has 110 valence electrons. The summed E-state index contributed by atoms with van der Waals surface area (Å²) in [4.78, 5) is 26.5. The SMILES string of the molecule is CC(C)CN1C(=O)CCC(C(=O)O)C1c1sccc1Br. The van der Waals surface area contributed by atoms with Crippen molar-refractivity contribution in [2.24, 2.45) is 11.8 Å². The third-order valence-corrected chi connectivity index (χ3v) is 5.44. The van der Waals surface area contributed by atoms with Gasteiger partial charge in [0.15, 0.2) is 0 Å². The molecule has 1 aromatic rings. The average Bonchev–Trinajstić information content (AvgIpc) is 2.77. The first kappa shape index (κ1) is 15.5. The smallest absolute Gasteiger partial charge is 0.308 e. The van der Waals surface area contributed by atoms with Crippen molar-refractivity contribution in [3.63, 3.8) is 0 Å². The molecule has 1 aromatic heterocycles. The van der Waals surface area contributed by atoms with Crippen molar-refractivity contribution >= 4 is 39.1 Å². The normalized spacial score (nSPS) is 23.4. The molecule has 20 heavy (non-hydrogen) atoms. The Morgan fingerprint density at radius 1 is 1.60 bits per heavy atom. The predicted octanol–water partition coefficient (Wildman–Crippen LogP) is 3.53. The Kier molecular flexibility index (Phi) is 4.86. The molecule has 2 rings (SSSR count). The Morgan fingerprint density at radius 3 is 2.80 bits per heavy atom. The highest BCUT2D eigenvalue weighted by Crippen LogP contribution is 2.42. The summed E-state index contributed by atoms with van der Waals surface area (Å²) in [5.41, 5.74) is 0. The topological polar surface area (TPSA) is 57.6 Å². The molecule has 0 radical (unpaired) electrons. The van der Waals surface area contributed by atoms with Crippen LogP contribution in [0, 0.1) is 11.8 Å². The molecule has 0 bridgehead atoms. The molecular formula is C14H18BrNO3S. The lowest BCUT2D eigenvalue weighted by atomic mass is 9.87. The zero-order chi connectivity index (χ0) is 14.9. The molecule has 0 aliphatic carbocycles. The van der Waals surface area contributed by atoms with Gasteiger partial charge in [0.05, 0.1) is 12.0 Å². The summed E-state index contributed by atoms with van der Waals surface area (Å²) in [6, 6.07) is 1.55. The largest absolute Gasteiger partial charge is 0.481 e. The van der Waals surface area contributed by atoms with Gasteiger partial charge in [-0.2, -0.15) is 0 Å². The number of likely N-dealkylation sites (tertiary alicyclic amines) is 1. The minimum atomic E-state index is -0.823. The van der Waals surface area contributed by atoms with E-state index in [9.17, 15) is 14.7 Å². The number of aliphatic carboxylic acids is 1. The van der Waals surface area contributed by atoms with Gasteiger partial charge in [-0.1, -0.05) is 13.8 Å². The van der Waals surface area contributed by atoms with E-state index in [1.165, 1.54) is 11.3 Å². The maximum absolute atomic E-state index is 12.2. The van der Waals surface area contributed by atoms with Crippen LogP contribution in [0.4, 0.5) is 0 Å². The van der Waals surface area contributed by atoms with Gasteiger partial charge in [-0.15, -0.1) is 11.3 Å². The van der Waals surface area contributed by atoms with Crippen LogP contribution in [0.2, 0.25) is 0 Å². The van der Waals surface area contributed by atoms with E-state index >= 15 is 0 Å². The van der Waals surface area contributed by atoms with Crippen LogP contribution in [0.25, 0.3) is 0 Å². The molecule has 1 saturated heterocycles. The molecule has 1 fully saturated rings. The molecule has 6 heteroatoms. The second-order valence-corrected chi connectivity index (χ2v) is 7.30. The number of nitrogens with zero attached hydrogens (tertiary/aromatic N) is 1. The predicted molar refractivity (Wildman–Crippen MR) is 81.7 cm³/mol. The monoisotopic (exact) mass is 359 g/mol. The summed E-state index contributed by atoms with van der Waals surface area (Å²) >= 11 is 4.98. The zero-order valence-corrected chi connectivity index (χ0v) is 13.9. The highest BCUT2D eigenvalue weighted by molar-refractivity contribution is 9.10. The second-order valence-electron chi connectivity index (χ2n) is 5.50. The summed E-state index contributed by atoms with van der Waals surface area (Å²) in [5, 5.41) is 11.4. The van der Waals surface area contributed by atoms with E-state index in [1.807, 2.05) is 25.3 Å². The molecular weight excluding hydrogens is 342 g/mol. The number of hydrogen-bond donors (Lipinski definition) is 1. The number of piperidine rings is 1. The van der Waals surface area contributed by atoms with Gasteiger partial charge < -0.3 is 10.0 Å². The minimum absolute atomic E-state index is 0.0569. The van der Waals surface area contributed by atoms with Crippen molar-refractivity contribution < 1.29 is 14.7 Å². The van der Waals surface area contributed by atoms with E-state index in [-0.39, 0.29) is 11.9 Å². The average molecular weight is 360 g/mol. The molecule has 0 aromatic carbocycles. The lowest BCUT2D eigenvalue weighted by molar-refractivity contribution is -0.152. The summed E-state index contributed by atoms with van der Waals surface area (Å²) in [6.45, 7) is 4.67. The first-order valence-electron chi connectivity index (χ1n) is 6.67. The van der Waals surface area contributed by atoms with Gasteiger partial charge >= 0.3 is 5.97 Å². The molecule has 2 atom stereocenters. The van der Waals surface area contributed by atoms with Gasteiger partial charge in [0.1, 0.15) is 0 Å². The van der Waals surface area contributed by atoms with Gasteiger partial charge in [-0.25, -0.2) is 0 Å². The van der Waals surface area contributed by atoms with Crippen molar-refractivity contribution in [3.05, 3.63) is 20.8 Å². The number of thiophene rings is 1. The van der Waals surface area contributed by atoms with Gasteiger partial charge in [-0.3, -0.25) is 9.59 Å². The Bertz CT molecular complexity index is 514. The van der Waals surface area contributed by atoms with E-state index in [1.54, 1.807) is 4.90 Å². The van der Waals surface area contributed by atoms with Gasteiger partial charge in [0, 0.05) is 22.3 Å². The number of rotatable bonds is 4. The summed E-state index contributed by atoms with van der Waals surface area (Å²) in [5.74, 6) is -0.979. The number of carboxylic acid groups (broad SMARTS) is 1. The van der Waals surface area contributed by atoms with Crippen LogP contribution in [-0.4, -0.2) is 28.4 Å². The lowest BCUT2D eigenvalue weighted by Gasteiger charge is -2.40. The lowest BCUT2D eigenvalue weighted by Crippen LogP contribution is -2.46. The number of halogens is 1. The molecule has 2 unspecified atom stereocenters. The number of hydrogen-bond acceptors (Lipinski definition) is 3. The molecule has 0 spiro atoms. The van der Waals surface area contributed by atoms with Crippen LogP contribution < -0.4 is 0 Å². The highest BCUT2D eigenvalue weighted by Gasteiger charge is 2.42. The molecule has 1 aliphatic heterocycles. The molecule has 1 aliphatic rings. The number of carbonyl (C=O) groups excluding carboxylic acids is 1. The van der Waals surface area contributed by atoms with Crippen LogP contribution in [0.1, 0.15) is 37.6 Å². The molecule has 1 N–H and O–H groups in total. The minimum Gasteiger partial charge on any atom is -0.481 e. The highest BCUT2D eigenvalue weighted by atomic mass is 79.9. The van der Waals surface area contributed by atoms with Crippen LogP contribution in [0.15, 0.2) is 15.9 Å². The van der Waals surface area contributed by atoms with E-state index in [4.69, 9.17) is 0 Å². The van der Waals surface area contributed by atoms with Crippen molar-refractivity contribution in [2.45, 2.75) is 32.7 Å². The maximum atomic E-state index is 12.2. The van der Waals surface area contributed by atoms with Crippen LogP contribution in [-0.2, 0) is 9.59 Å². The van der Waals surface area contributed by atoms with Crippen molar-refractivity contribution in [1.29, 1.82) is 0 Å². The quantitative estimate of drug-likeness (QED) is 0.894. The molecule has 1 amide bonds. The summed E-state index contributed by atoms with van der Waals surface area (Å²) < 4.78 is 0.891. The summed E-state index contributed by atoms with van der Waals surface area (Å²) in [6.07, 6.45) is 0.737. The van der Waals surface area contributed by atoms with Gasteiger partial charge in [0.25, 0.3) is 0 Å². The first-order valence-corrected chi connectivity index (χ1v) is 8.34. The molecule has 0 saturated carbocycles. The summed E-state index contributed by atoms with van der Waals surface area (Å²) in [7, 11) is 0. The van der Waals surface area contributed by atoms with E-state index in [2.05, 4.69) is 15.9 Å². The number of amides is 1. The van der Waals surface area contributed by atoms with Crippen molar-refractivity contribution in [2.75, 3.05) is 6.54 Å². The van der Waals surface area contributed by atoms with Crippen LogP contribution >= 0.6 is 27.3 Å². The third kappa shape index (κ3) is 3.06. The Morgan fingerprint density at radius 2 is 2.30 bits per heavy atom. The van der Waals surface area contributed by atoms with Crippen LogP contribution in [0.5, 0.6) is 0 Å². The standard InChI is InChI=1S/C14H18BrNO3S/c1-8(2)7-16-11(17)4-3-9(14(18)19)12(16)13-10(15)5-6-20-13/h5-6,8-9,12H,3-4,7H2,1-2H3,(H,18,19). The fraction of sp³-hybridized carbons (Fsp3) is 0.571. The van der Waals surface area contributed by atoms with Crippen molar-refractivity contribution in [1.82, 2.24) is 4.90 Å². The van der Waals surface area contributed by atoms with Gasteiger partial charge in [-0.05, 0) is 39.7 Å². The number of carbonyl (C=O) groups is 2. The van der Waals surface area contributed by atoms with Crippen LogP contribution in [0.3, 0.4) is 0 Å². The van der Waals surface area contributed by atoms with Gasteiger partial charge in [0.2, 0.25) is 5.91 Å². The second kappa shape index (κ2) is 6.26.